The minimum Gasteiger partial charge on any atom is -0.273 e. The molecule has 1 rings (SSSR count). The van der Waals surface area contributed by atoms with E-state index in [1.165, 1.54) is 37.0 Å². The summed E-state index contributed by atoms with van der Waals surface area (Å²) < 4.78 is 0. The van der Waals surface area contributed by atoms with Gasteiger partial charge in [-0.2, -0.15) is 5.10 Å². The molecule has 0 saturated heterocycles. The Labute approximate surface area is 132 Å². The Morgan fingerprint density at radius 3 is 2.52 bits per heavy atom. The van der Waals surface area contributed by atoms with Gasteiger partial charge in [0.15, 0.2) is 0 Å². The first-order chi connectivity index (χ1) is 10.3. The highest BCUT2D eigenvalue weighted by Gasteiger charge is 2.00. The number of aryl methyl sites for hydroxylation is 1. The molecule has 118 valence electrons. The number of thiophene rings is 1. The molecule has 3 nitrogen and oxygen atoms in total. The van der Waals surface area contributed by atoms with Gasteiger partial charge in [0.05, 0.1) is 6.21 Å². The van der Waals surface area contributed by atoms with Crippen molar-refractivity contribution in [2.45, 2.75) is 71.6 Å². The van der Waals surface area contributed by atoms with Crippen LogP contribution in [-0.2, 0) is 11.2 Å². The summed E-state index contributed by atoms with van der Waals surface area (Å²) in [6.45, 7) is 4.36. The summed E-state index contributed by atoms with van der Waals surface area (Å²) in [6.07, 6.45) is 11.9. The first-order valence-corrected chi connectivity index (χ1v) is 8.98. The van der Waals surface area contributed by atoms with Gasteiger partial charge in [0.25, 0.3) is 0 Å². The number of hydrogen-bond donors (Lipinski definition) is 1. The van der Waals surface area contributed by atoms with Crippen LogP contribution in [0, 0.1) is 0 Å². The van der Waals surface area contributed by atoms with Crippen LogP contribution in [0.5, 0.6) is 0 Å². The van der Waals surface area contributed by atoms with Crippen LogP contribution in [0.15, 0.2) is 17.2 Å². The van der Waals surface area contributed by atoms with Crippen molar-refractivity contribution in [1.29, 1.82) is 0 Å². The summed E-state index contributed by atoms with van der Waals surface area (Å²) in [5, 5.41) is 4.01. The molecule has 0 saturated carbocycles. The SMILES string of the molecule is CCCCCCCCCC(=O)NN=Cc1ccc(CC)s1. The summed E-state index contributed by atoms with van der Waals surface area (Å²) in [5.41, 5.74) is 2.61. The molecule has 0 aliphatic carbocycles. The number of amides is 1. The van der Waals surface area contributed by atoms with Gasteiger partial charge >= 0.3 is 0 Å². The van der Waals surface area contributed by atoms with Crippen molar-refractivity contribution < 1.29 is 4.79 Å². The zero-order valence-electron chi connectivity index (χ0n) is 13.4. The van der Waals surface area contributed by atoms with E-state index in [1.807, 2.05) is 6.07 Å². The lowest BCUT2D eigenvalue weighted by atomic mass is 10.1. The Balaban J connectivity index is 2.05. The molecule has 0 aliphatic rings. The Bertz CT molecular complexity index is 426. The zero-order valence-corrected chi connectivity index (χ0v) is 14.2. The van der Waals surface area contributed by atoms with E-state index < -0.39 is 0 Å². The van der Waals surface area contributed by atoms with Gasteiger partial charge in [0, 0.05) is 16.2 Å². The number of carbonyl (C=O) groups excluding carboxylic acids is 1. The molecule has 0 atom stereocenters. The molecule has 1 aromatic heterocycles. The van der Waals surface area contributed by atoms with E-state index in [0.717, 1.165) is 24.1 Å². The van der Waals surface area contributed by atoms with Crippen molar-refractivity contribution >= 4 is 23.5 Å². The van der Waals surface area contributed by atoms with Crippen LogP contribution in [0.4, 0.5) is 0 Å². The standard InChI is InChI=1S/C17H28N2OS/c1-3-5-6-7-8-9-10-11-17(20)19-18-14-16-13-12-15(4-2)21-16/h12-14H,3-11H2,1-2H3,(H,19,20). The fraction of sp³-hybridized carbons (Fsp3) is 0.647. The monoisotopic (exact) mass is 308 g/mol. The first-order valence-electron chi connectivity index (χ1n) is 8.16. The smallest absolute Gasteiger partial charge is 0.240 e. The van der Waals surface area contributed by atoms with Gasteiger partial charge < -0.3 is 0 Å². The molecule has 0 bridgehead atoms. The van der Waals surface area contributed by atoms with Gasteiger partial charge in [-0.1, -0.05) is 52.4 Å². The second kappa shape index (κ2) is 11.5. The molecule has 0 aromatic carbocycles. The van der Waals surface area contributed by atoms with E-state index in [9.17, 15) is 4.79 Å². The normalized spacial score (nSPS) is 11.1. The van der Waals surface area contributed by atoms with Gasteiger partial charge in [-0.15, -0.1) is 11.3 Å². The van der Waals surface area contributed by atoms with Crippen molar-refractivity contribution in [2.75, 3.05) is 0 Å². The van der Waals surface area contributed by atoms with E-state index in [-0.39, 0.29) is 5.91 Å². The van der Waals surface area contributed by atoms with Gasteiger partial charge in [-0.25, -0.2) is 5.43 Å². The number of nitrogens with zero attached hydrogens (tertiary/aromatic N) is 1. The van der Waals surface area contributed by atoms with E-state index in [1.54, 1.807) is 17.6 Å². The Morgan fingerprint density at radius 2 is 1.86 bits per heavy atom. The van der Waals surface area contributed by atoms with Crippen LogP contribution in [-0.4, -0.2) is 12.1 Å². The number of rotatable bonds is 11. The van der Waals surface area contributed by atoms with E-state index in [2.05, 4.69) is 30.4 Å². The minimum atomic E-state index is 0.0204. The highest BCUT2D eigenvalue weighted by molar-refractivity contribution is 7.13. The van der Waals surface area contributed by atoms with Crippen LogP contribution in [0.2, 0.25) is 0 Å². The second-order valence-electron chi connectivity index (χ2n) is 5.32. The predicted octanol–water partition coefficient (Wildman–Crippen LogP) is 4.90. The van der Waals surface area contributed by atoms with E-state index in [0.29, 0.717) is 6.42 Å². The largest absolute Gasteiger partial charge is 0.273 e. The molecule has 1 amide bonds. The maximum atomic E-state index is 11.6. The average Bonchev–Trinajstić information content (AvgIpc) is 2.94. The van der Waals surface area contributed by atoms with Crippen LogP contribution in [0.25, 0.3) is 0 Å². The number of unbranched alkanes of at least 4 members (excludes halogenated alkanes) is 6. The van der Waals surface area contributed by atoms with Crippen molar-refractivity contribution in [2.24, 2.45) is 5.10 Å². The zero-order chi connectivity index (χ0) is 15.3. The topological polar surface area (TPSA) is 41.5 Å². The van der Waals surface area contributed by atoms with E-state index >= 15 is 0 Å². The lowest BCUT2D eigenvalue weighted by Gasteiger charge is -2.01. The van der Waals surface area contributed by atoms with Crippen molar-refractivity contribution in [1.82, 2.24) is 5.43 Å². The van der Waals surface area contributed by atoms with Crippen molar-refractivity contribution in [3.63, 3.8) is 0 Å². The van der Waals surface area contributed by atoms with E-state index in [4.69, 9.17) is 0 Å². The van der Waals surface area contributed by atoms with Crippen molar-refractivity contribution in [3.05, 3.63) is 21.9 Å². The van der Waals surface area contributed by atoms with Gasteiger partial charge in [-0.3, -0.25) is 4.79 Å². The number of nitrogens with one attached hydrogen (secondary N) is 1. The number of hydrazone groups is 1. The maximum Gasteiger partial charge on any atom is 0.240 e. The first kappa shape index (κ1) is 17.9. The van der Waals surface area contributed by atoms with Gasteiger partial charge in [-0.05, 0) is 25.0 Å². The minimum absolute atomic E-state index is 0.0204. The average molecular weight is 308 g/mol. The maximum absolute atomic E-state index is 11.6. The Kier molecular flexibility index (Phi) is 9.79. The van der Waals surface area contributed by atoms with Crippen LogP contribution in [0.1, 0.15) is 75.0 Å². The molecular weight excluding hydrogens is 280 g/mol. The molecule has 0 spiro atoms. The molecule has 0 fully saturated rings. The molecule has 0 aliphatic heterocycles. The highest BCUT2D eigenvalue weighted by Crippen LogP contribution is 2.14. The molecule has 0 radical (unpaired) electrons. The molecule has 4 heteroatoms. The predicted molar refractivity (Wildman–Crippen MR) is 92.0 cm³/mol. The fourth-order valence-corrected chi connectivity index (χ4v) is 2.95. The molecule has 1 heterocycles. The third-order valence-electron chi connectivity index (χ3n) is 3.42. The molecular formula is C17H28N2OS. The van der Waals surface area contributed by atoms with Gasteiger partial charge in [0.1, 0.15) is 0 Å². The lowest BCUT2D eigenvalue weighted by Crippen LogP contribution is -2.16. The summed E-state index contributed by atoms with van der Waals surface area (Å²) in [4.78, 5) is 14.0. The fourth-order valence-electron chi connectivity index (χ4n) is 2.12. The quantitative estimate of drug-likeness (QED) is 0.352. The van der Waals surface area contributed by atoms with Crippen LogP contribution < -0.4 is 5.43 Å². The Morgan fingerprint density at radius 1 is 1.14 bits per heavy atom. The molecule has 1 N–H and O–H groups in total. The summed E-state index contributed by atoms with van der Waals surface area (Å²) in [5.74, 6) is 0.0204. The lowest BCUT2D eigenvalue weighted by molar-refractivity contribution is -0.121. The Hall–Kier alpha value is -1.16. The summed E-state index contributed by atoms with van der Waals surface area (Å²) in [6, 6.07) is 4.14. The highest BCUT2D eigenvalue weighted by atomic mass is 32.1. The summed E-state index contributed by atoms with van der Waals surface area (Å²) in [7, 11) is 0. The molecule has 0 unspecified atom stereocenters. The van der Waals surface area contributed by atoms with Crippen LogP contribution >= 0.6 is 11.3 Å². The summed E-state index contributed by atoms with van der Waals surface area (Å²) >= 11 is 1.71. The van der Waals surface area contributed by atoms with Gasteiger partial charge in [0.2, 0.25) is 5.91 Å². The van der Waals surface area contributed by atoms with Crippen molar-refractivity contribution in [3.8, 4) is 0 Å². The third-order valence-corrected chi connectivity index (χ3v) is 4.58. The molecule has 21 heavy (non-hydrogen) atoms. The second-order valence-corrected chi connectivity index (χ2v) is 6.52. The number of carbonyl (C=O) groups is 1. The van der Waals surface area contributed by atoms with Crippen LogP contribution in [0.3, 0.4) is 0 Å². The molecule has 1 aromatic rings. The third kappa shape index (κ3) is 8.66. The number of hydrogen-bond acceptors (Lipinski definition) is 3.